The van der Waals surface area contributed by atoms with E-state index in [1.807, 2.05) is 11.9 Å². The van der Waals surface area contributed by atoms with Gasteiger partial charge in [0.1, 0.15) is 48.1 Å². The molecule has 7 fully saturated rings. The molecule has 0 radical (unpaired) electrons. The molecule has 55 heavy (non-hydrogen) atoms. The maximum atomic E-state index is 13.8. The molecule has 16 nitrogen and oxygen atoms in total. The number of hydrogen-bond acceptors (Lipinski definition) is 16. The van der Waals surface area contributed by atoms with Crippen molar-refractivity contribution >= 4 is 35.1 Å². The molecule has 1 saturated carbocycles. The van der Waals surface area contributed by atoms with Gasteiger partial charge in [-0.05, 0) is 72.5 Å². The fourth-order valence-corrected chi connectivity index (χ4v) is 10.5. The number of alkyl halides is 1. The van der Waals surface area contributed by atoms with Gasteiger partial charge in [0, 0.05) is 19.5 Å². The van der Waals surface area contributed by atoms with Crippen LogP contribution in [0.5, 0.6) is 0 Å². The number of unbranched alkanes of at least 4 members (excludes halogenated alkanes) is 3. The lowest BCUT2D eigenvalue weighted by Gasteiger charge is -2.62. The van der Waals surface area contributed by atoms with Gasteiger partial charge in [-0.15, -0.1) is 23.4 Å². The Balaban J connectivity index is 0.992. The van der Waals surface area contributed by atoms with Crippen molar-refractivity contribution in [2.45, 2.75) is 161 Å². The largest absolute Gasteiger partial charge is 0.390 e. The zero-order chi connectivity index (χ0) is 40.0. The fraction of sp³-hybridized carbons (Fsp3) is 0.946. The van der Waals surface area contributed by atoms with Crippen molar-refractivity contribution < 1.29 is 58.8 Å². The molecule has 2 bridgehead atoms. The second-order valence-electron chi connectivity index (χ2n) is 16.6. The van der Waals surface area contributed by atoms with Gasteiger partial charge >= 0.3 is 0 Å². The van der Waals surface area contributed by atoms with E-state index in [9.17, 15) is 35.1 Å². The van der Waals surface area contributed by atoms with Crippen LogP contribution in [0.25, 0.3) is 0 Å². The molecule has 0 spiro atoms. The van der Waals surface area contributed by atoms with Crippen LogP contribution in [-0.4, -0.2) is 189 Å². The normalized spacial score (nSPS) is 45.7. The summed E-state index contributed by atoms with van der Waals surface area (Å²) in [7, 11) is 3.51. The highest BCUT2D eigenvalue weighted by molar-refractivity contribution is 7.99. The minimum atomic E-state index is -2.32. The van der Waals surface area contributed by atoms with Crippen LogP contribution in [-0.2, 0) is 33.3 Å². The summed E-state index contributed by atoms with van der Waals surface area (Å²) in [6, 6.07) is -2.24. The van der Waals surface area contributed by atoms with Crippen LogP contribution in [0.15, 0.2) is 0 Å². The van der Waals surface area contributed by atoms with Crippen LogP contribution < -0.4 is 10.6 Å². The molecular formula is C37H63ClN4O12S. The van der Waals surface area contributed by atoms with E-state index in [-0.39, 0.29) is 18.2 Å². The summed E-state index contributed by atoms with van der Waals surface area (Å²) in [5.41, 5.74) is -0.608. The summed E-state index contributed by atoms with van der Waals surface area (Å²) in [5.74, 6) is -4.47. The van der Waals surface area contributed by atoms with Gasteiger partial charge in [-0.25, -0.2) is 0 Å². The van der Waals surface area contributed by atoms with Gasteiger partial charge in [0.2, 0.25) is 18.0 Å². The van der Waals surface area contributed by atoms with Crippen molar-refractivity contribution in [2.24, 2.45) is 11.8 Å². The van der Waals surface area contributed by atoms with Crippen LogP contribution in [0.4, 0.5) is 0 Å². The standard InChI is InChI=1S/C37H63ClN4O12S/c1-7-20-15-21(33(48)40-31(19(3)38)37-32(47)30(53-37)27(46)34(54-37)55-6)17-42(16-20)13-11-9-8-10-12-41(5)24-25(44)23(39-4)26(45)29-28(24)52-36(49)22(43)14-18(2)50-35(36)51-29/h18-21,23-32,34-35,39,44-47,49H,7-17H2,1-6H3,(H,40,48)/t18-,19?,20?,21?,23-,24+,25+,26?,27+,28-,29?,30?,31?,32-,34-,35+,36+,37?/m1/s1. The lowest BCUT2D eigenvalue weighted by molar-refractivity contribution is -0.463. The predicted molar refractivity (Wildman–Crippen MR) is 202 cm³/mol. The van der Waals surface area contributed by atoms with Crippen molar-refractivity contribution in [3.63, 3.8) is 0 Å². The number of piperidine rings is 1. The first-order chi connectivity index (χ1) is 26.1. The van der Waals surface area contributed by atoms with Crippen molar-refractivity contribution in [1.29, 1.82) is 0 Å². The third-order valence-corrected chi connectivity index (χ3v) is 13.8. The molecule has 0 aromatic rings. The Kier molecular flexibility index (Phi) is 14.2. The first-order valence-corrected chi connectivity index (χ1v) is 21.7. The van der Waals surface area contributed by atoms with Gasteiger partial charge in [0.05, 0.1) is 35.6 Å². The minimum Gasteiger partial charge on any atom is -0.390 e. The van der Waals surface area contributed by atoms with E-state index < -0.39 is 101 Å². The van der Waals surface area contributed by atoms with E-state index in [0.29, 0.717) is 19.0 Å². The minimum absolute atomic E-state index is 0.0429. The summed E-state index contributed by atoms with van der Waals surface area (Å²) in [6.45, 7) is 8.51. The number of likely N-dealkylation sites (N-methyl/N-ethyl adjacent to an activating group) is 2. The van der Waals surface area contributed by atoms with Crippen molar-refractivity contribution in [1.82, 2.24) is 20.4 Å². The number of Topliss-reactive ketones (excluding diaryl/α,β-unsaturated/α-hetero) is 1. The Labute approximate surface area is 333 Å². The molecule has 1 aliphatic carbocycles. The fourth-order valence-electron chi connectivity index (χ4n) is 9.59. The Morgan fingerprint density at radius 1 is 1.04 bits per heavy atom. The van der Waals surface area contributed by atoms with Gasteiger partial charge in [0.25, 0.3) is 5.79 Å². The van der Waals surface area contributed by atoms with E-state index >= 15 is 0 Å². The third-order valence-electron chi connectivity index (χ3n) is 12.7. The molecule has 8 unspecified atom stereocenters. The van der Waals surface area contributed by atoms with Crippen LogP contribution >= 0.6 is 23.4 Å². The number of rotatable bonds is 15. The molecule has 18 heteroatoms. The molecule has 18 atom stereocenters. The maximum absolute atomic E-state index is 13.8. The average Bonchev–Trinajstić information content (AvgIpc) is 3.15. The van der Waals surface area contributed by atoms with Gasteiger partial charge in [-0.1, -0.05) is 26.2 Å². The van der Waals surface area contributed by atoms with Gasteiger partial charge < -0.3 is 64.8 Å². The number of carbonyl (C=O) groups is 2. The smallest absolute Gasteiger partial charge is 0.280 e. The number of thioether (sulfide) groups is 1. The zero-order valence-electron chi connectivity index (χ0n) is 32.8. The van der Waals surface area contributed by atoms with E-state index in [1.165, 1.54) is 11.8 Å². The van der Waals surface area contributed by atoms with E-state index in [4.69, 9.17) is 35.3 Å². The van der Waals surface area contributed by atoms with Crippen LogP contribution in [0, 0.1) is 11.8 Å². The predicted octanol–water partition coefficient (Wildman–Crippen LogP) is -0.656. The first-order valence-electron chi connectivity index (χ1n) is 20.0. The van der Waals surface area contributed by atoms with E-state index in [0.717, 1.165) is 51.6 Å². The van der Waals surface area contributed by atoms with Crippen LogP contribution in [0.3, 0.4) is 0 Å². The van der Waals surface area contributed by atoms with Crippen molar-refractivity contribution in [3.05, 3.63) is 0 Å². The number of fused-ring (bicyclic) bond motifs is 4. The zero-order valence-corrected chi connectivity index (χ0v) is 34.4. The molecule has 1 amide bonds. The SMILES string of the molecule is CCC1CC(C(=O)NC(C(C)Cl)C23OC([C@H]2O)[C@H](O)[C@@H](SC)O3)CN(CCCCCCN(C)[C@H]2[C@@H](O)[C@@H](NC)C(O)C3O[C@@H]4O[C@H](C)CC(=O)[C@]4(O)O[C@@H]32)C1. The van der Waals surface area contributed by atoms with Crippen molar-refractivity contribution in [3.8, 4) is 0 Å². The second-order valence-corrected chi connectivity index (χ2v) is 18.2. The van der Waals surface area contributed by atoms with Gasteiger partial charge in [0.15, 0.2) is 5.78 Å². The molecule has 7 N–H and O–H groups in total. The third kappa shape index (κ3) is 8.38. The number of ether oxygens (including phenoxy) is 5. The van der Waals surface area contributed by atoms with Gasteiger partial charge in [-0.2, -0.15) is 0 Å². The topological polar surface area (TPSA) is 212 Å². The Morgan fingerprint density at radius 2 is 1.76 bits per heavy atom. The molecule has 316 valence electrons. The molecule has 0 aromatic carbocycles. The summed E-state index contributed by atoms with van der Waals surface area (Å²) in [4.78, 5) is 31.0. The Morgan fingerprint density at radius 3 is 2.42 bits per heavy atom. The quantitative estimate of drug-likeness (QED) is 0.0808. The first kappa shape index (κ1) is 43.8. The number of halogens is 1. The Bertz CT molecular complexity index is 1340. The number of amides is 1. The lowest BCUT2D eigenvalue weighted by Crippen LogP contribution is -2.83. The molecule has 0 aromatic heterocycles. The lowest BCUT2D eigenvalue weighted by atomic mass is 9.79. The van der Waals surface area contributed by atoms with Crippen LogP contribution in [0.1, 0.15) is 65.7 Å². The number of hydrogen-bond donors (Lipinski definition) is 7. The van der Waals surface area contributed by atoms with Crippen molar-refractivity contribution in [2.75, 3.05) is 46.5 Å². The monoisotopic (exact) mass is 822 g/mol. The number of nitrogens with one attached hydrogen (secondary N) is 2. The highest BCUT2D eigenvalue weighted by Gasteiger charge is 2.70. The number of aliphatic hydroxyl groups is 5. The Hall–Kier alpha value is -0.740. The summed E-state index contributed by atoms with van der Waals surface area (Å²) in [6.07, 6.45) is -1.90. The number of nitrogens with zero attached hydrogens (tertiary/aromatic N) is 2. The number of carbonyl (C=O) groups excluding carboxylic acids is 2. The highest BCUT2D eigenvalue weighted by Crippen LogP contribution is 2.49. The molecule has 6 saturated heterocycles. The summed E-state index contributed by atoms with van der Waals surface area (Å²) < 4.78 is 29.7. The highest BCUT2D eigenvalue weighted by atomic mass is 35.5. The van der Waals surface area contributed by atoms with Gasteiger partial charge in [-0.3, -0.25) is 14.5 Å². The van der Waals surface area contributed by atoms with E-state index in [1.54, 1.807) is 27.2 Å². The maximum Gasteiger partial charge on any atom is 0.280 e. The molecule has 6 heterocycles. The number of likely N-dealkylation sites (tertiary alicyclic amines) is 1. The molecule has 6 aliphatic heterocycles. The summed E-state index contributed by atoms with van der Waals surface area (Å²) in [5, 5.41) is 60.7. The van der Waals surface area contributed by atoms with E-state index in [2.05, 4.69) is 22.5 Å². The molecular weight excluding hydrogens is 760 g/mol. The number of ketones is 1. The second kappa shape index (κ2) is 17.9. The number of aliphatic hydroxyl groups excluding tert-OH is 4. The summed E-state index contributed by atoms with van der Waals surface area (Å²) >= 11 is 7.90. The average molecular weight is 823 g/mol. The molecule has 7 rings (SSSR count). The molecule has 7 aliphatic rings. The van der Waals surface area contributed by atoms with Crippen LogP contribution in [0.2, 0.25) is 0 Å².